The van der Waals surface area contributed by atoms with Crippen LogP contribution in [-0.2, 0) is 22.5 Å². The molecule has 2 atom stereocenters. The number of rotatable bonds is 7. The number of aldehydes is 1. The van der Waals surface area contributed by atoms with Gasteiger partial charge in [-0.05, 0) is 43.7 Å². The summed E-state index contributed by atoms with van der Waals surface area (Å²) in [5, 5.41) is 15.9. The van der Waals surface area contributed by atoms with Crippen LogP contribution in [0.5, 0.6) is 0 Å². The van der Waals surface area contributed by atoms with Crippen molar-refractivity contribution in [3.05, 3.63) is 40.7 Å². The van der Waals surface area contributed by atoms with E-state index in [0.717, 1.165) is 36.5 Å². The Morgan fingerprint density at radius 3 is 2.93 bits per heavy atom. The first-order chi connectivity index (χ1) is 19.9. The van der Waals surface area contributed by atoms with Crippen molar-refractivity contribution in [3.8, 4) is 6.07 Å². The van der Waals surface area contributed by atoms with E-state index in [1.807, 2.05) is 29.8 Å². The average Bonchev–Trinajstić information content (AvgIpc) is 2.98. The number of amides is 3. The summed E-state index contributed by atoms with van der Waals surface area (Å²) in [4.78, 5) is 52.0. The Labute approximate surface area is 243 Å². The number of nitrogens with one attached hydrogen (secondary N) is 2. The van der Waals surface area contributed by atoms with Crippen molar-refractivity contribution in [3.63, 3.8) is 0 Å². The predicted molar refractivity (Wildman–Crippen MR) is 156 cm³/mol. The summed E-state index contributed by atoms with van der Waals surface area (Å²) in [5.41, 5.74) is 2.71. The topological polar surface area (TPSA) is 144 Å². The van der Waals surface area contributed by atoms with Crippen molar-refractivity contribution in [1.29, 1.82) is 5.26 Å². The summed E-state index contributed by atoms with van der Waals surface area (Å²) in [5.74, 6) is 2.59. The van der Waals surface area contributed by atoms with Crippen LogP contribution < -0.4 is 15.5 Å². The lowest BCUT2D eigenvalue weighted by molar-refractivity contribution is -0.136. The fraction of sp³-hybridized carbons (Fsp3) is 0.500. The maximum absolute atomic E-state index is 13.4. The smallest absolute Gasteiger partial charge is 0.328 e. The van der Waals surface area contributed by atoms with Gasteiger partial charge >= 0.3 is 6.03 Å². The average molecular weight is 579 g/mol. The van der Waals surface area contributed by atoms with E-state index in [4.69, 9.17) is 4.74 Å². The van der Waals surface area contributed by atoms with Gasteiger partial charge in [0, 0.05) is 56.9 Å². The molecule has 13 heteroatoms. The van der Waals surface area contributed by atoms with Crippen LogP contribution >= 0.6 is 11.8 Å². The molecule has 2 N–H and O–H groups in total. The number of piperazine rings is 1. The highest BCUT2D eigenvalue weighted by molar-refractivity contribution is 7.99. The predicted octanol–water partition coefficient (Wildman–Crippen LogP) is 2.35. The summed E-state index contributed by atoms with van der Waals surface area (Å²) < 4.78 is 5.62. The minimum Gasteiger partial charge on any atom is -0.378 e. The number of nitrogens with zero attached hydrogens (tertiary/aromatic N) is 6. The number of carbonyl (C=O) groups is 3. The molecule has 2 aromatic rings. The third kappa shape index (κ3) is 6.45. The molecule has 41 heavy (non-hydrogen) atoms. The van der Waals surface area contributed by atoms with Crippen LogP contribution in [0.15, 0.2) is 18.3 Å². The molecule has 2 unspecified atom stereocenters. The van der Waals surface area contributed by atoms with E-state index in [9.17, 15) is 19.6 Å². The van der Waals surface area contributed by atoms with Gasteiger partial charge in [-0.3, -0.25) is 24.7 Å². The summed E-state index contributed by atoms with van der Waals surface area (Å²) >= 11 is 1.83. The van der Waals surface area contributed by atoms with Gasteiger partial charge in [0.05, 0.1) is 29.9 Å². The molecule has 0 aromatic carbocycles. The number of hydrogen-bond acceptors (Lipinski definition) is 10. The molecule has 3 aliphatic rings. The van der Waals surface area contributed by atoms with Gasteiger partial charge in [0.1, 0.15) is 23.4 Å². The standard InChI is InChI=1S/C28H34N8O4S/c1-34-7-8-35(26(38)15-34)14-19-10-18-4-3-6-36(27(18)32-23(19)16-37)28(39)33-25-11-22(20(12-29)13-30-25)31-21-5-9-41-17-24(21)40-2/h10-11,13,16,21,24H,3-9,14-15,17H2,1-2H3,(H2,30,31,33,39). The molecule has 12 nitrogen and oxygen atoms in total. The van der Waals surface area contributed by atoms with Gasteiger partial charge in [-0.25, -0.2) is 14.8 Å². The van der Waals surface area contributed by atoms with E-state index in [1.165, 1.54) is 11.1 Å². The summed E-state index contributed by atoms with van der Waals surface area (Å²) in [7, 11) is 3.59. The molecule has 0 spiro atoms. The van der Waals surface area contributed by atoms with Crippen molar-refractivity contribution in [2.75, 3.05) is 67.4 Å². The number of likely N-dealkylation sites (N-methyl/N-ethyl adjacent to an activating group) is 1. The van der Waals surface area contributed by atoms with E-state index in [1.54, 1.807) is 18.1 Å². The molecule has 2 fully saturated rings. The van der Waals surface area contributed by atoms with E-state index < -0.39 is 6.03 Å². The summed E-state index contributed by atoms with van der Waals surface area (Å²) in [6.07, 6.45) is 4.44. The van der Waals surface area contributed by atoms with E-state index in [0.29, 0.717) is 67.3 Å². The van der Waals surface area contributed by atoms with Gasteiger partial charge in [0.25, 0.3) is 0 Å². The zero-order valence-electron chi connectivity index (χ0n) is 23.3. The summed E-state index contributed by atoms with van der Waals surface area (Å²) in [6.45, 7) is 2.43. The van der Waals surface area contributed by atoms with Gasteiger partial charge in [0.2, 0.25) is 5.91 Å². The Balaban J connectivity index is 1.34. The Kier molecular flexibility index (Phi) is 9.02. The molecular formula is C28H34N8O4S. The molecule has 3 aliphatic heterocycles. The van der Waals surface area contributed by atoms with Crippen LogP contribution in [0.4, 0.5) is 22.1 Å². The van der Waals surface area contributed by atoms with Crippen molar-refractivity contribution in [2.24, 2.45) is 0 Å². The molecule has 216 valence electrons. The molecule has 5 heterocycles. The number of pyridine rings is 2. The second-order valence-corrected chi connectivity index (χ2v) is 11.6. The van der Waals surface area contributed by atoms with Gasteiger partial charge in [-0.1, -0.05) is 0 Å². The number of thioether (sulfide) groups is 1. The highest BCUT2D eigenvalue weighted by Gasteiger charge is 2.29. The fourth-order valence-corrected chi connectivity index (χ4v) is 6.59. The molecule has 0 saturated carbocycles. The maximum atomic E-state index is 13.4. The minimum absolute atomic E-state index is 0.00806. The van der Waals surface area contributed by atoms with E-state index in [-0.39, 0.29) is 23.7 Å². The molecule has 0 radical (unpaired) electrons. The molecular weight excluding hydrogens is 544 g/mol. The molecule has 0 aliphatic carbocycles. The van der Waals surface area contributed by atoms with Crippen LogP contribution in [0.1, 0.15) is 40.0 Å². The lowest BCUT2D eigenvalue weighted by atomic mass is 10.0. The number of anilines is 3. The SMILES string of the molecule is COC1CSCCC1Nc1cc(NC(=O)N2CCCc3cc(CN4CCN(C)CC4=O)c(C=O)nc32)ncc1C#N. The first-order valence-corrected chi connectivity index (χ1v) is 14.9. The highest BCUT2D eigenvalue weighted by Crippen LogP contribution is 2.30. The number of carbonyl (C=O) groups excluding carboxylic acids is 3. The number of nitriles is 1. The van der Waals surface area contributed by atoms with E-state index in [2.05, 4.69) is 26.7 Å². The normalized spacial score (nSPS) is 21.1. The number of aromatic nitrogens is 2. The first-order valence-electron chi connectivity index (χ1n) is 13.7. The zero-order chi connectivity index (χ0) is 28.9. The van der Waals surface area contributed by atoms with Gasteiger partial charge in [-0.2, -0.15) is 17.0 Å². The monoisotopic (exact) mass is 578 g/mol. The van der Waals surface area contributed by atoms with Crippen molar-refractivity contribution < 1.29 is 19.1 Å². The van der Waals surface area contributed by atoms with Crippen LogP contribution in [0.3, 0.4) is 0 Å². The Bertz CT molecular complexity index is 1370. The number of urea groups is 1. The number of ether oxygens (including phenoxy) is 1. The van der Waals surface area contributed by atoms with Crippen LogP contribution in [0.2, 0.25) is 0 Å². The third-order valence-corrected chi connectivity index (χ3v) is 8.80. The van der Waals surface area contributed by atoms with Crippen LogP contribution in [-0.4, -0.2) is 102 Å². The quantitative estimate of drug-likeness (QED) is 0.470. The maximum Gasteiger partial charge on any atom is 0.328 e. The zero-order valence-corrected chi connectivity index (χ0v) is 24.1. The molecule has 5 rings (SSSR count). The van der Waals surface area contributed by atoms with Gasteiger partial charge in [0.15, 0.2) is 6.29 Å². The Morgan fingerprint density at radius 2 is 2.17 bits per heavy atom. The molecule has 2 saturated heterocycles. The van der Waals surface area contributed by atoms with Crippen molar-refractivity contribution in [2.45, 2.75) is 38.0 Å². The number of fused-ring (bicyclic) bond motifs is 1. The Morgan fingerprint density at radius 1 is 1.32 bits per heavy atom. The van der Waals surface area contributed by atoms with Gasteiger partial charge < -0.3 is 15.0 Å². The van der Waals surface area contributed by atoms with Crippen molar-refractivity contribution >= 4 is 47.3 Å². The molecule has 3 amide bonds. The van der Waals surface area contributed by atoms with Gasteiger partial charge in [-0.15, -0.1) is 0 Å². The highest BCUT2D eigenvalue weighted by atomic mass is 32.2. The van der Waals surface area contributed by atoms with Crippen LogP contribution in [0.25, 0.3) is 0 Å². The number of methoxy groups -OCH3 is 1. The Hall–Kier alpha value is -3.73. The summed E-state index contributed by atoms with van der Waals surface area (Å²) in [6, 6.07) is 5.33. The number of hydrogen-bond donors (Lipinski definition) is 2. The lowest BCUT2D eigenvalue weighted by Crippen LogP contribution is -2.48. The number of aryl methyl sites for hydroxylation is 1. The van der Waals surface area contributed by atoms with Crippen LogP contribution in [0, 0.1) is 11.3 Å². The second kappa shape index (κ2) is 12.8. The third-order valence-electron chi connectivity index (χ3n) is 7.71. The first kappa shape index (κ1) is 28.8. The largest absolute Gasteiger partial charge is 0.378 e. The minimum atomic E-state index is -0.427. The second-order valence-electron chi connectivity index (χ2n) is 10.5. The van der Waals surface area contributed by atoms with E-state index >= 15 is 0 Å². The fourth-order valence-electron chi connectivity index (χ4n) is 5.40. The molecule has 2 aromatic heterocycles. The van der Waals surface area contributed by atoms with Crippen molar-refractivity contribution in [1.82, 2.24) is 19.8 Å². The lowest BCUT2D eigenvalue weighted by Gasteiger charge is -2.33. The molecule has 0 bridgehead atoms.